The summed E-state index contributed by atoms with van der Waals surface area (Å²) in [6.07, 6.45) is 5.29. The predicted molar refractivity (Wildman–Crippen MR) is 121 cm³/mol. The average molecular weight is 439 g/mol. The fourth-order valence-corrected chi connectivity index (χ4v) is 4.56. The molecule has 2 aliphatic heterocycles. The number of hydrogen-bond donors (Lipinski definition) is 0. The van der Waals surface area contributed by atoms with E-state index in [-0.39, 0.29) is 30.0 Å². The van der Waals surface area contributed by atoms with Crippen molar-refractivity contribution in [3.63, 3.8) is 0 Å². The van der Waals surface area contributed by atoms with Gasteiger partial charge in [0.05, 0.1) is 13.0 Å². The van der Waals surface area contributed by atoms with Gasteiger partial charge < -0.3 is 14.5 Å². The maximum absolute atomic E-state index is 13.9. The van der Waals surface area contributed by atoms with Gasteiger partial charge in [-0.2, -0.15) is 0 Å². The third-order valence-corrected chi connectivity index (χ3v) is 6.38. The number of benzene rings is 2. The van der Waals surface area contributed by atoms with E-state index < -0.39 is 0 Å². The highest BCUT2D eigenvalue weighted by Crippen LogP contribution is 2.22. The highest BCUT2D eigenvalue weighted by atomic mass is 19.1. The first kappa shape index (κ1) is 22.3. The molecule has 4 rings (SSSR count). The molecule has 1 atom stereocenters. The fraction of sp³-hybridized carbons (Fsp3) is 0.462. The van der Waals surface area contributed by atoms with E-state index in [2.05, 4.69) is 0 Å². The maximum atomic E-state index is 13.9. The first-order valence-corrected chi connectivity index (χ1v) is 11.6. The minimum Gasteiger partial charge on any atom is -0.493 e. The number of ether oxygens (including phenoxy) is 1. The molecule has 1 unspecified atom stereocenters. The van der Waals surface area contributed by atoms with E-state index in [1.807, 2.05) is 34.1 Å². The van der Waals surface area contributed by atoms with Crippen LogP contribution in [0.15, 0.2) is 48.5 Å². The summed E-state index contributed by atoms with van der Waals surface area (Å²) >= 11 is 0. The number of rotatable bonds is 6. The van der Waals surface area contributed by atoms with E-state index in [1.54, 1.807) is 18.2 Å². The van der Waals surface area contributed by atoms with Crippen molar-refractivity contribution in [2.75, 3.05) is 32.8 Å². The smallest absolute Gasteiger partial charge is 0.253 e. The van der Waals surface area contributed by atoms with Crippen LogP contribution in [-0.4, -0.2) is 54.4 Å². The molecule has 0 N–H and O–H groups in total. The van der Waals surface area contributed by atoms with Gasteiger partial charge in [-0.25, -0.2) is 4.39 Å². The molecule has 0 aliphatic carbocycles. The molecule has 2 saturated heterocycles. The third-order valence-electron chi connectivity index (χ3n) is 6.38. The largest absolute Gasteiger partial charge is 0.493 e. The Morgan fingerprint density at radius 1 is 0.938 bits per heavy atom. The molecule has 0 radical (unpaired) electrons. The number of amides is 2. The standard InChI is InChI=1S/C26H31FN2O3/c27-24-12-3-2-9-21(24)17-25(30)29-15-7-8-20(18-29)19-32-23-11-6-10-22(16-23)26(31)28-13-4-1-5-14-28/h2-3,6,9-12,16,20H,1,4-5,7-8,13-15,17-19H2. The van der Waals surface area contributed by atoms with E-state index in [0.29, 0.717) is 36.6 Å². The van der Waals surface area contributed by atoms with Gasteiger partial charge in [0.15, 0.2) is 0 Å². The van der Waals surface area contributed by atoms with Crippen molar-refractivity contribution in [1.29, 1.82) is 0 Å². The van der Waals surface area contributed by atoms with Crippen LogP contribution in [0.4, 0.5) is 4.39 Å². The average Bonchev–Trinajstić information content (AvgIpc) is 2.84. The minimum atomic E-state index is -0.336. The summed E-state index contributed by atoms with van der Waals surface area (Å²) in [5.74, 6) is 0.584. The highest BCUT2D eigenvalue weighted by Gasteiger charge is 2.25. The van der Waals surface area contributed by atoms with Crippen LogP contribution in [-0.2, 0) is 11.2 Å². The Morgan fingerprint density at radius 3 is 2.53 bits per heavy atom. The van der Waals surface area contributed by atoms with Gasteiger partial charge in [-0.3, -0.25) is 9.59 Å². The van der Waals surface area contributed by atoms with Gasteiger partial charge in [-0.1, -0.05) is 24.3 Å². The van der Waals surface area contributed by atoms with Gasteiger partial charge in [-0.15, -0.1) is 0 Å². The highest BCUT2D eigenvalue weighted by molar-refractivity contribution is 5.94. The minimum absolute atomic E-state index is 0.0473. The summed E-state index contributed by atoms with van der Waals surface area (Å²) in [6, 6.07) is 13.8. The Kier molecular flexibility index (Phi) is 7.40. The van der Waals surface area contributed by atoms with Crippen LogP contribution in [0.3, 0.4) is 0 Å². The lowest BCUT2D eigenvalue weighted by Gasteiger charge is -2.33. The molecule has 170 valence electrons. The van der Waals surface area contributed by atoms with Gasteiger partial charge in [0.2, 0.25) is 5.91 Å². The van der Waals surface area contributed by atoms with Crippen molar-refractivity contribution < 1.29 is 18.7 Å². The Morgan fingerprint density at radius 2 is 1.72 bits per heavy atom. The van der Waals surface area contributed by atoms with Crippen LogP contribution in [0.2, 0.25) is 0 Å². The summed E-state index contributed by atoms with van der Waals surface area (Å²) in [5, 5.41) is 0. The lowest BCUT2D eigenvalue weighted by Crippen LogP contribution is -2.42. The van der Waals surface area contributed by atoms with Gasteiger partial charge in [0, 0.05) is 37.7 Å². The quantitative estimate of drug-likeness (QED) is 0.675. The summed E-state index contributed by atoms with van der Waals surface area (Å²) < 4.78 is 19.9. The Bertz CT molecular complexity index is 942. The van der Waals surface area contributed by atoms with E-state index in [9.17, 15) is 14.0 Å². The van der Waals surface area contributed by atoms with Crippen LogP contribution in [0.1, 0.15) is 48.0 Å². The van der Waals surface area contributed by atoms with Crippen molar-refractivity contribution in [3.05, 3.63) is 65.5 Å². The first-order valence-electron chi connectivity index (χ1n) is 11.6. The van der Waals surface area contributed by atoms with Crippen LogP contribution in [0, 0.1) is 11.7 Å². The number of likely N-dealkylation sites (tertiary alicyclic amines) is 2. The number of nitrogens with zero attached hydrogens (tertiary/aromatic N) is 2. The molecule has 0 aromatic heterocycles. The number of halogens is 1. The summed E-state index contributed by atoms with van der Waals surface area (Å²) in [7, 11) is 0. The van der Waals surface area contributed by atoms with E-state index >= 15 is 0 Å². The Balaban J connectivity index is 1.30. The van der Waals surface area contributed by atoms with Crippen molar-refractivity contribution in [2.24, 2.45) is 5.92 Å². The van der Waals surface area contributed by atoms with E-state index in [1.165, 1.54) is 12.5 Å². The molecule has 2 aliphatic rings. The monoisotopic (exact) mass is 438 g/mol. The number of hydrogen-bond acceptors (Lipinski definition) is 3. The van der Waals surface area contributed by atoms with Crippen molar-refractivity contribution in [1.82, 2.24) is 9.80 Å². The molecule has 2 aromatic rings. The normalized spacial score (nSPS) is 19.0. The van der Waals surface area contributed by atoms with Crippen LogP contribution in [0.5, 0.6) is 5.75 Å². The molecule has 0 spiro atoms. The topological polar surface area (TPSA) is 49.9 Å². The molecular weight excluding hydrogens is 407 g/mol. The molecular formula is C26H31FN2O3. The zero-order valence-corrected chi connectivity index (χ0v) is 18.5. The molecule has 2 heterocycles. The number of piperidine rings is 2. The van der Waals surface area contributed by atoms with Gasteiger partial charge in [0.25, 0.3) is 5.91 Å². The summed E-state index contributed by atoms with van der Waals surface area (Å²) in [5.41, 5.74) is 1.10. The van der Waals surface area contributed by atoms with Crippen LogP contribution < -0.4 is 4.74 Å². The van der Waals surface area contributed by atoms with E-state index in [0.717, 1.165) is 38.8 Å². The van der Waals surface area contributed by atoms with Crippen molar-refractivity contribution in [2.45, 2.75) is 38.5 Å². The molecule has 2 amide bonds. The zero-order chi connectivity index (χ0) is 22.3. The van der Waals surface area contributed by atoms with Gasteiger partial charge in [0.1, 0.15) is 11.6 Å². The second-order valence-electron chi connectivity index (χ2n) is 8.81. The van der Waals surface area contributed by atoms with Crippen molar-refractivity contribution >= 4 is 11.8 Å². The molecule has 32 heavy (non-hydrogen) atoms. The second-order valence-corrected chi connectivity index (χ2v) is 8.81. The SMILES string of the molecule is O=C(Cc1ccccc1F)N1CCCC(COc2cccc(C(=O)N3CCCCC3)c2)C1. The molecule has 6 heteroatoms. The maximum Gasteiger partial charge on any atom is 0.253 e. The van der Waals surface area contributed by atoms with Gasteiger partial charge >= 0.3 is 0 Å². The van der Waals surface area contributed by atoms with Crippen LogP contribution in [0.25, 0.3) is 0 Å². The lowest BCUT2D eigenvalue weighted by molar-refractivity contribution is -0.132. The lowest BCUT2D eigenvalue weighted by atomic mass is 9.98. The Labute approximate surface area is 189 Å². The fourth-order valence-electron chi connectivity index (χ4n) is 4.56. The van der Waals surface area contributed by atoms with Crippen molar-refractivity contribution in [3.8, 4) is 5.75 Å². The first-order chi connectivity index (χ1) is 15.6. The van der Waals surface area contributed by atoms with E-state index in [4.69, 9.17) is 4.74 Å². The molecule has 2 aromatic carbocycles. The molecule has 5 nitrogen and oxygen atoms in total. The predicted octanol–water partition coefficient (Wildman–Crippen LogP) is 4.31. The third kappa shape index (κ3) is 5.67. The Hall–Kier alpha value is -2.89. The number of carbonyl (C=O) groups excluding carboxylic acids is 2. The summed E-state index contributed by atoms with van der Waals surface area (Å²) in [4.78, 5) is 29.2. The molecule has 2 fully saturated rings. The summed E-state index contributed by atoms with van der Waals surface area (Å²) in [6.45, 7) is 3.44. The zero-order valence-electron chi connectivity index (χ0n) is 18.5. The van der Waals surface area contributed by atoms with Crippen LogP contribution >= 0.6 is 0 Å². The van der Waals surface area contributed by atoms with Gasteiger partial charge in [-0.05, 0) is 61.9 Å². The second kappa shape index (κ2) is 10.6. The number of carbonyl (C=O) groups is 2. The molecule has 0 saturated carbocycles. The molecule has 0 bridgehead atoms.